The zero-order valence-electron chi connectivity index (χ0n) is 10.7. The number of thiophene rings is 1. The minimum Gasteiger partial charge on any atom is -0.303 e. The first-order valence-corrected chi connectivity index (χ1v) is 7.93. The zero-order valence-corrected chi connectivity index (χ0v) is 13.1. The van der Waals surface area contributed by atoms with Crippen LogP contribution in [0.25, 0.3) is 0 Å². The Bertz CT molecular complexity index is 481. The van der Waals surface area contributed by atoms with Crippen LogP contribution in [0, 0.1) is 0 Å². The topological polar surface area (TPSA) is 12.0 Å². The molecule has 1 aromatic heterocycles. The van der Waals surface area contributed by atoms with Gasteiger partial charge in [-0.3, -0.25) is 0 Å². The Balaban J connectivity index is 2.10. The standard InChI is InChI=1S/C15H18BrNS/c1-3-14(12-6-4-7-13(16)10-12)17-11(2)15-8-5-9-18-15/h4-11,14,17H,3H2,1-2H3/t11-,14?/m0/s1. The molecule has 2 rings (SSSR count). The van der Waals surface area contributed by atoms with E-state index >= 15 is 0 Å². The summed E-state index contributed by atoms with van der Waals surface area (Å²) in [6, 6.07) is 13.6. The lowest BCUT2D eigenvalue weighted by Gasteiger charge is -2.22. The molecule has 0 saturated heterocycles. The van der Waals surface area contributed by atoms with Crippen LogP contribution in [0.1, 0.15) is 42.8 Å². The van der Waals surface area contributed by atoms with Gasteiger partial charge in [0.1, 0.15) is 0 Å². The summed E-state index contributed by atoms with van der Waals surface area (Å²) >= 11 is 5.35. The molecule has 0 saturated carbocycles. The molecule has 0 amide bonds. The third-order valence-electron chi connectivity index (χ3n) is 3.08. The van der Waals surface area contributed by atoms with Gasteiger partial charge in [0.15, 0.2) is 0 Å². The summed E-state index contributed by atoms with van der Waals surface area (Å²) in [5.74, 6) is 0. The first-order chi connectivity index (χ1) is 8.70. The Labute approximate surface area is 121 Å². The van der Waals surface area contributed by atoms with Crippen LogP contribution in [0.15, 0.2) is 46.3 Å². The van der Waals surface area contributed by atoms with E-state index in [-0.39, 0.29) is 0 Å². The summed E-state index contributed by atoms with van der Waals surface area (Å²) in [5.41, 5.74) is 1.34. The van der Waals surface area contributed by atoms with E-state index in [0.717, 1.165) is 10.9 Å². The molecule has 96 valence electrons. The maximum absolute atomic E-state index is 3.70. The molecular weight excluding hydrogens is 306 g/mol. The highest BCUT2D eigenvalue weighted by Gasteiger charge is 2.14. The molecule has 3 heteroatoms. The van der Waals surface area contributed by atoms with Gasteiger partial charge in [0.2, 0.25) is 0 Å². The quantitative estimate of drug-likeness (QED) is 0.785. The van der Waals surface area contributed by atoms with E-state index in [0.29, 0.717) is 12.1 Å². The van der Waals surface area contributed by atoms with E-state index in [1.54, 1.807) is 0 Å². The van der Waals surface area contributed by atoms with Crippen molar-refractivity contribution >= 4 is 27.3 Å². The van der Waals surface area contributed by atoms with E-state index in [1.807, 2.05) is 11.3 Å². The van der Waals surface area contributed by atoms with Crippen molar-refractivity contribution in [2.45, 2.75) is 32.4 Å². The fourth-order valence-corrected chi connectivity index (χ4v) is 3.26. The van der Waals surface area contributed by atoms with Gasteiger partial charge >= 0.3 is 0 Å². The maximum atomic E-state index is 3.70. The molecule has 1 unspecified atom stereocenters. The van der Waals surface area contributed by atoms with Crippen LogP contribution in [-0.4, -0.2) is 0 Å². The second-order valence-corrected chi connectivity index (χ2v) is 6.31. The predicted molar refractivity (Wildman–Crippen MR) is 83.0 cm³/mol. The Morgan fingerprint density at radius 2 is 2.11 bits per heavy atom. The van der Waals surface area contributed by atoms with Gasteiger partial charge in [-0.25, -0.2) is 0 Å². The summed E-state index contributed by atoms with van der Waals surface area (Å²) in [6.45, 7) is 4.45. The van der Waals surface area contributed by atoms with E-state index in [1.165, 1.54) is 10.4 Å². The van der Waals surface area contributed by atoms with Gasteiger partial charge in [-0.05, 0) is 42.5 Å². The Hall–Kier alpha value is -0.640. The summed E-state index contributed by atoms with van der Waals surface area (Å²) in [5, 5.41) is 5.83. The van der Waals surface area contributed by atoms with Crippen molar-refractivity contribution in [2.75, 3.05) is 0 Å². The van der Waals surface area contributed by atoms with Crippen LogP contribution in [0.5, 0.6) is 0 Å². The molecule has 0 aliphatic heterocycles. The minimum absolute atomic E-state index is 0.397. The lowest BCUT2D eigenvalue weighted by atomic mass is 10.0. The molecule has 2 aromatic rings. The van der Waals surface area contributed by atoms with Crippen molar-refractivity contribution in [3.63, 3.8) is 0 Å². The van der Waals surface area contributed by atoms with E-state index in [2.05, 4.69) is 76.9 Å². The number of halogens is 1. The second kappa shape index (κ2) is 6.50. The molecule has 0 radical (unpaired) electrons. The normalized spacial score (nSPS) is 14.4. The second-order valence-electron chi connectivity index (χ2n) is 4.42. The van der Waals surface area contributed by atoms with Crippen molar-refractivity contribution in [3.05, 3.63) is 56.7 Å². The molecule has 1 heterocycles. The van der Waals surface area contributed by atoms with Crippen LogP contribution in [0.2, 0.25) is 0 Å². The molecule has 0 aliphatic carbocycles. The fraction of sp³-hybridized carbons (Fsp3) is 0.333. The summed E-state index contributed by atoms with van der Waals surface area (Å²) < 4.78 is 1.14. The highest BCUT2D eigenvalue weighted by Crippen LogP contribution is 2.26. The van der Waals surface area contributed by atoms with Crippen LogP contribution in [-0.2, 0) is 0 Å². The summed E-state index contributed by atoms with van der Waals surface area (Å²) in [6.07, 6.45) is 1.09. The predicted octanol–water partition coefficient (Wildman–Crippen LogP) is 5.31. The van der Waals surface area contributed by atoms with Crippen molar-refractivity contribution in [3.8, 4) is 0 Å². The van der Waals surface area contributed by atoms with Crippen molar-refractivity contribution in [2.24, 2.45) is 0 Å². The molecule has 18 heavy (non-hydrogen) atoms. The molecule has 1 aromatic carbocycles. The van der Waals surface area contributed by atoms with E-state index < -0.39 is 0 Å². The van der Waals surface area contributed by atoms with E-state index in [4.69, 9.17) is 0 Å². The molecule has 1 nitrogen and oxygen atoms in total. The maximum Gasteiger partial charge on any atom is 0.0391 e. The Morgan fingerprint density at radius 1 is 1.28 bits per heavy atom. The lowest BCUT2D eigenvalue weighted by molar-refractivity contribution is 0.460. The van der Waals surface area contributed by atoms with Gasteiger partial charge in [-0.1, -0.05) is 41.1 Å². The first kappa shape index (κ1) is 13.8. The number of hydrogen-bond donors (Lipinski definition) is 1. The van der Waals surface area contributed by atoms with Gasteiger partial charge in [0.25, 0.3) is 0 Å². The average molecular weight is 324 g/mol. The number of nitrogens with one attached hydrogen (secondary N) is 1. The van der Waals surface area contributed by atoms with E-state index in [9.17, 15) is 0 Å². The first-order valence-electron chi connectivity index (χ1n) is 6.25. The highest BCUT2D eigenvalue weighted by molar-refractivity contribution is 9.10. The monoisotopic (exact) mass is 323 g/mol. The number of benzene rings is 1. The fourth-order valence-electron chi connectivity index (χ4n) is 2.09. The van der Waals surface area contributed by atoms with Gasteiger partial charge in [-0.15, -0.1) is 11.3 Å². The SMILES string of the molecule is CCC(N[C@@H](C)c1cccs1)c1cccc(Br)c1. The average Bonchev–Trinajstić information content (AvgIpc) is 2.89. The van der Waals surface area contributed by atoms with Crippen LogP contribution >= 0.6 is 27.3 Å². The van der Waals surface area contributed by atoms with Gasteiger partial charge < -0.3 is 5.32 Å². The third kappa shape index (κ3) is 3.44. The van der Waals surface area contributed by atoms with Crippen LogP contribution in [0.4, 0.5) is 0 Å². The van der Waals surface area contributed by atoms with Gasteiger partial charge in [0, 0.05) is 21.4 Å². The lowest BCUT2D eigenvalue weighted by Crippen LogP contribution is -2.23. The summed E-state index contributed by atoms with van der Waals surface area (Å²) in [4.78, 5) is 1.39. The number of hydrogen-bond acceptors (Lipinski definition) is 2. The molecule has 2 atom stereocenters. The molecule has 0 fully saturated rings. The van der Waals surface area contributed by atoms with Crippen LogP contribution in [0.3, 0.4) is 0 Å². The van der Waals surface area contributed by atoms with Crippen molar-refractivity contribution in [1.29, 1.82) is 0 Å². The smallest absolute Gasteiger partial charge is 0.0391 e. The third-order valence-corrected chi connectivity index (χ3v) is 4.63. The highest BCUT2D eigenvalue weighted by atomic mass is 79.9. The van der Waals surface area contributed by atoms with Gasteiger partial charge in [0.05, 0.1) is 0 Å². The largest absolute Gasteiger partial charge is 0.303 e. The molecular formula is C15H18BrNS. The molecule has 0 aliphatic rings. The van der Waals surface area contributed by atoms with Crippen LogP contribution < -0.4 is 5.32 Å². The zero-order chi connectivity index (χ0) is 13.0. The number of rotatable bonds is 5. The molecule has 0 bridgehead atoms. The van der Waals surface area contributed by atoms with Crippen molar-refractivity contribution in [1.82, 2.24) is 5.32 Å². The molecule has 1 N–H and O–H groups in total. The summed E-state index contributed by atoms with van der Waals surface area (Å²) in [7, 11) is 0. The minimum atomic E-state index is 0.397. The van der Waals surface area contributed by atoms with Crippen molar-refractivity contribution < 1.29 is 0 Å². The molecule has 0 spiro atoms. The Kier molecular flexibility index (Phi) is 4.98. The van der Waals surface area contributed by atoms with Gasteiger partial charge in [-0.2, -0.15) is 0 Å². The Morgan fingerprint density at radius 3 is 2.72 bits per heavy atom.